The molecule has 5 nitrogen and oxygen atoms in total. The van der Waals surface area contributed by atoms with E-state index in [0.717, 1.165) is 4.90 Å². The van der Waals surface area contributed by atoms with Gasteiger partial charge in [-0.25, -0.2) is 0 Å². The molecule has 3 atom stereocenters. The first kappa shape index (κ1) is 18.6. The molecular weight excluding hydrogens is 335 g/mol. The van der Waals surface area contributed by atoms with E-state index in [9.17, 15) is 8.77 Å². The lowest BCUT2D eigenvalue weighted by molar-refractivity contribution is 0.0948. The summed E-state index contributed by atoms with van der Waals surface area (Å²) in [6.07, 6.45) is 4.06. The summed E-state index contributed by atoms with van der Waals surface area (Å²) in [6.45, 7) is 4.14. The van der Waals surface area contributed by atoms with Crippen LogP contribution in [0.4, 0.5) is 0 Å². The zero-order chi connectivity index (χ0) is 16.7. The molecule has 1 aromatic rings. The predicted molar refractivity (Wildman–Crippen MR) is 91.0 cm³/mol. The van der Waals surface area contributed by atoms with Gasteiger partial charge in [-0.15, -0.1) is 0 Å². The Morgan fingerprint density at radius 1 is 1.13 bits per heavy atom. The van der Waals surface area contributed by atoms with Crippen molar-refractivity contribution in [1.82, 2.24) is 0 Å². The molecule has 0 bridgehead atoms. The number of rotatable bonds is 9. The lowest BCUT2D eigenvalue weighted by Gasteiger charge is -2.19. The molecule has 0 saturated carbocycles. The summed E-state index contributed by atoms with van der Waals surface area (Å²) >= 11 is 0. The van der Waals surface area contributed by atoms with Gasteiger partial charge in [0.1, 0.15) is 6.35 Å². The molecule has 0 N–H and O–H groups in total. The lowest BCUT2D eigenvalue weighted by Crippen LogP contribution is -2.17. The third kappa shape index (κ3) is 5.37. The highest BCUT2D eigenvalue weighted by atomic mass is 32.2. The van der Waals surface area contributed by atoms with E-state index in [1.54, 1.807) is 13.8 Å². The van der Waals surface area contributed by atoms with Crippen LogP contribution >= 0.6 is 7.60 Å². The number of benzene rings is 1. The van der Waals surface area contributed by atoms with E-state index in [2.05, 4.69) is 0 Å². The van der Waals surface area contributed by atoms with E-state index in [-0.39, 0.29) is 17.7 Å². The van der Waals surface area contributed by atoms with Crippen molar-refractivity contribution < 1.29 is 22.6 Å². The van der Waals surface area contributed by atoms with E-state index in [0.29, 0.717) is 19.6 Å². The minimum Gasteiger partial charge on any atom is -0.361 e. The summed E-state index contributed by atoms with van der Waals surface area (Å²) in [6, 6.07) is 9.36. The van der Waals surface area contributed by atoms with Crippen LogP contribution in [-0.4, -0.2) is 35.1 Å². The van der Waals surface area contributed by atoms with Crippen LogP contribution in [0.1, 0.15) is 20.3 Å². The first-order valence-electron chi connectivity index (χ1n) is 7.71. The molecule has 128 valence electrons. The predicted octanol–water partition coefficient (Wildman–Crippen LogP) is 3.73. The van der Waals surface area contributed by atoms with E-state index in [1.165, 1.54) is 0 Å². The second kappa shape index (κ2) is 8.90. The van der Waals surface area contributed by atoms with Crippen molar-refractivity contribution in [2.75, 3.05) is 19.6 Å². The van der Waals surface area contributed by atoms with Gasteiger partial charge in [0.15, 0.2) is 0 Å². The fourth-order valence-corrected chi connectivity index (χ4v) is 5.10. The standard InChI is InChI=1S/C16H23O5PS/c1-3-20-22(17,21-4-2)13-19-14-10-11-16(12-14)23(18)15-8-6-5-7-9-15/h5-11,14,16H,3-4,12-13H2,1-2H3/t14-,16-,23?/m0/s1. The lowest BCUT2D eigenvalue weighted by atomic mass is 10.3. The molecule has 1 aliphatic carbocycles. The van der Waals surface area contributed by atoms with Gasteiger partial charge in [-0.3, -0.25) is 8.77 Å². The van der Waals surface area contributed by atoms with Crippen molar-refractivity contribution in [1.29, 1.82) is 0 Å². The average molecular weight is 358 g/mol. The first-order chi connectivity index (χ1) is 11.1. The minimum atomic E-state index is -3.21. The molecule has 0 aliphatic heterocycles. The molecule has 0 fully saturated rings. The molecule has 0 aromatic heterocycles. The van der Waals surface area contributed by atoms with Gasteiger partial charge < -0.3 is 13.8 Å². The molecule has 1 aromatic carbocycles. The van der Waals surface area contributed by atoms with Crippen LogP contribution < -0.4 is 0 Å². The van der Waals surface area contributed by atoms with Crippen LogP contribution in [0.2, 0.25) is 0 Å². The van der Waals surface area contributed by atoms with Crippen molar-refractivity contribution in [2.45, 2.75) is 36.5 Å². The molecule has 0 saturated heterocycles. The molecular formula is C16H23O5PS. The van der Waals surface area contributed by atoms with Crippen LogP contribution in [0.25, 0.3) is 0 Å². The number of hydrogen-bond donors (Lipinski definition) is 0. The van der Waals surface area contributed by atoms with Crippen LogP contribution in [0.3, 0.4) is 0 Å². The van der Waals surface area contributed by atoms with Crippen molar-refractivity contribution in [2.24, 2.45) is 0 Å². The SMILES string of the molecule is CCOP(=O)(CO[C@H]1C=C[C@H](S(=O)c2ccccc2)C1)OCC. The van der Waals surface area contributed by atoms with Gasteiger partial charge in [0, 0.05) is 4.90 Å². The van der Waals surface area contributed by atoms with Crippen LogP contribution in [0.5, 0.6) is 0 Å². The molecule has 0 amide bonds. The van der Waals surface area contributed by atoms with Crippen molar-refractivity contribution in [3.63, 3.8) is 0 Å². The summed E-state index contributed by atoms with van der Waals surface area (Å²) in [5.41, 5.74) is 0. The highest BCUT2D eigenvalue weighted by molar-refractivity contribution is 7.85. The zero-order valence-corrected chi connectivity index (χ0v) is 15.1. The molecule has 0 radical (unpaired) electrons. The average Bonchev–Trinajstić information content (AvgIpc) is 3.03. The third-order valence-corrected chi connectivity index (χ3v) is 6.76. The summed E-state index contributed by atoms with van der Waals surface area (Å²) in [7, 11) is -4.31. The maximum atomic E-state index is 12.5. The normalized spacial score (nSPS) is 22.3. The van der Waals surface area contributed by atoms with Gasteiger partial charge in [0.2, 0.25) is 0 Å². The Bertz CT molecular complexity index is 579. The molecule has 1 aliphatic rings. The third-order valence-electron chi connectivity index (χ3n) is 3.35. The summed E-state index contributed by atoms with van der Waals surface area (Å²) in [4.78, 5) is 0.803. The quantitative estimate of drug-likeness (QED) is 0.497. The topological polar surface area (TPSA) is 61.8 Å². The van der Waals surface area contributed by atoms with Gasteiger partial charge in [-0.1, -0.05) is 30.4 Å². The van der Waals surface area contributed by atoms with Gasteiger partial charge in [-0.2, -0.15) is 0 Å². The largest absolute Gasteiger partial charge is 0.361 e. The Morgan fingerprint density at radius 2 is 1.78 bits per heavy atom. The Balaban J connectivity index is 1.87. The second-order valence-corrected chi connectivity index (χ2v) is 8.72. The first-order valence-corrected chi connectivity index (χ1v) is 10.7. The summed E-state index contributed by atoms with van der Waals surface area (Å²) < 4.78 is 40.9. The highest BCUT2D eigenvalue weighted by Gasteiger charge is 2.29. The van der Waals surface area contributed by atoms with E-state index in [1.807, 2.05) is 42.5 Å². The van der Waals surface area contributed by atoms with E-state index >= 15 is 0 Å². The Morgan fingerprint density at radius 3 is 2.39 bits per heavy atom. The van der Waals surface area contributed by atoms with E-state index in [4.69, 9.17) is 13.8 Å². The molecule has 23 heavy (non-hydrogen) atoms. The maximum absolute atomic E-state index is 12.5. The van der Waals surface area contributed by atoms with Crippen LogP contribution in [-0.2, 0) is 29.1 Å². The molecule has 1 unspecified atom stereocenters. The van der Waals surface area contributed by atoms with Crippen molar-refractivity contribution in [3.05, 3.63) is 42.5 Å². The van der Waals surface area contributed by atoms with Gasteiger partial charge in [0.05, 0.1) is 35.4 Å². The Hall–Kier alpha value is -0.780. The van der Waals surface area contributed by atoms with E-state index < -0.39 is 18.4 Å². The van der Waals surface area contributed by atoms with Gasteiger partial charge in [0.25, 0.3) is 0 Å². The van der Waals surface area contributed by atoms with Crippen LogP contribution in [0, 0.1) is 0 Å². The summed E-state index contributed by atoms with van der Waals surface area (Å²) in [5.74, 6) is 0. The zero-order valence-electron chi connectivity index (χ0n) is 13.4. The Kier molecular flexibility index (Phi) is 7.18. The fourth-order valence-electron chi connectivity index (χ4n) is 2.34. The number of ether oxygens (including phenoxy) is 1. The van der Waals surface area contributed by atoms with Crippen molar-refractivity contribution >= 4 is 18.4 Å². The monoisotopic (exact) mass is 358 g/mol. The smallest absolute Gasteiger partial charge is 0.356 e. The highest BCUT2D eigenvalue weighted by Crippen LogP contribution is 2.48. The molecule has 7 heteroatoms. The number of hydrogen-bond acceptors (Lipinski definition) is 5. The van der Waals surface area contributed by atoms with Crippen molar-refractivity contribution in [3.8, 4) is 0 Å². The van der Waals surface area contributed by atoms with Crippen LogP contribution in [0.15, 0.2) is 47.4 Å². The minimum absolute atomic E-state index is 0.0889. The fraction of sp³-hybridized carbons (Fsp3) is 0.500. The van der Waals surface area contributed by atoms with Gasteiger partial charge in [-0.05, 0) is 32.4 Å². The maximum Gasteiger partial charge on any atom is 0.356 e. The molecule has 0 spiro atoms. The summed E-state index contributed by atoms with van der Waals surface area (Å²) in [5, 5.41) is -0.0963. The second-order valence-electron chi connectivity index (χ2n) is 5.05. The van der Waals surface area contributed by atoms with Gasteiger partial charge >= 0.3 is 7.60 Å². The molecule has 0 heterocycles. The Labute approximate surface area is 140 Å². The molecule has 2 rings (SSSR count).